The van der Waals surface area contributed by atoms with Gasteiger partial charge in [0, 0.05) is 45.0 Å². The Hall–Kier alpha value is -1.95. The number of pyridine rings is 1. The number of fused-ring (bicyclic) bond motifs is 1. The number of likely N-dealkylation sites (tertiary alicyclic amines) is 1. The van der Waals surface area contributed by atoms with E-state index < -0.39 is 6.23 Å². The first-order valence-corrected chi connectivity index (χ1v) is 9.09. The van der Waals surface area contributed by atoms with E-state index in [1.165, 1.54) is 5.56 Å². The predicted octanol–water partition coefficient (Wildman–Crippen LogP) is 2.08. The molecule has 0 radical (unpaired) electrons. The zero-order valence-corrected chi connectivity index (χ0v) is 14.4. The molecule has 3 heterocycles. The van der Waals surface area contributed by atoms with E-state index in [1.807, 2.05) is 36.4 Å². The summed E-state index contributed by atoms with van der Waals surface area (Å²) >= 11 is 0. The zero-order valence-electron chi connectivity index (χ0n) is 14.4. The summed E-state index contributed by atoms with van der Waals surface area (Å²) in [5.41, 5.74) is 2.34. The van der Waals surface area contributed by atoms with Crippen LogP contribution in [0.15, 0.2) is 48.7 Å². The van der Waals surface area contributed by atoms with Crippen molar-refractivity contribution >= 4 is 0 Å². The minimum atomic E-state index is -0.479. The molecule has 0 aliphatic carbocycles. The SMILES string of the molecule is OC1c2ccccc2CCN1CCN1CC[C@H](Oc2ccccn2)C1. The van der Waals surface area contributed by atoms with Gasteiger partial charge in [-0.1, -0.05) is 30.3 Å². The molecule has 5 heteroatoms. The minimum Gasteiger partial charge on any atom is -0.473 e. The van der Waals surface area contributed by atoms with Gasteiger partial charge in [-0.05, 0) is 30.0 Å². The maximum absolute atomic E-state index is 10.6. The first kappa shape index (κ1) is 16.5. The molecule has 2 atom stereocenters. The number of benzene rings is 1. The van der Waals surface area contributed by atoms with Crippen molar-refractivity contribution in [3.63, 3.8) is 0 Å². The van der Waals surface area contributed by atoms with Crippen molar-refractivity contribution < 1.29 is 9.84 Å². The van der Waals surface area contributed by atoms with Gasteiger partial charge in [0.1, 0.15) is 12.3 Å². The van der Waals surface area contributed by atoms with E-state index in [1.54, 1.807) is 6.20 Å². The molecule has 1 aromatic heterocycles. The van der Waals surface area contributed by atoms with Crippen molar-refractivity contribution in [3.8, 4) is 5.88 Å². The monoisotopic (exact) mass is 339 g/mol. The molecule has 5 nitrogen and oxygen atoms in total. The third kappa shape index (κ3) is 3.84. The topological polar surface area (TPSA) is 48.8 Å². The van der Waals surface area contributed by atoms with E-state index in [0.29, 0.717) is 5.88 Å². The fourth-order valence-electron chi connectivity index (χ4n) is 3.78. The number of aliphatic hydroxyl groups is 1. The molecule has 2 aliphatic heterocycles. The second-order valence-corrected chi connectivity index (χ2v) is 6.86. The van der Waals surface area contributed by atoms with Crippen LogP contribution in [0.25, 0.3) is 0 Å². The number of hydrogen-bond acceptors (Lipinski definition) is 5. The molecule has 2 aromatic rings. The highest BCUT2D eigenvalue weighted by molar-refractivity contribution is 5.31. The van der Waals surface area contributed by atoms with Crippen molar-refractivity contribution in [2.45, 2.75) is 25.2 Å². The summed E-state index contributed by atoms with van der Waals surface area (Å²) < 4.78 is 5.95. The molecule has 25 heavy (non-hydrogen) atoms. The molecular formula is C20H25N3O2. The Labute approximate surface area is 148 Å². The van der Waals surface area contributed by atoms with Gasteiger partial charge in [0.15, 0.2) is 0 Å². The first-order chi connectivity index (χ1) is 12.3. The summed E-state index contributed by atoms with van der Waals surface area (Å²) in [6.07, 6.45) is 3.54. The van der Waals surface area contributed by atoms with Crippen LogP contribution < -0.4 is 4.74 Å². The normalized spacial score (nSPS) is 24.2. The predicted molar refractivity (Wildman–Crippen MR) is 96.4 cm³/mol. The summed E-state index contributed by atoms with van der Waals surface area (Å²) in [6, 6.07) is 14.0. The number of ether oxygens (including phenoxy) is 1. The quantitative estimate of drug-likeness (QED) is 0.904. The highest BCUT2D eigenvalue weighted by Gasteiger charge is 2.28. The zero-order chi connectivity index (χ0) is 17.1. The van der Waals surface area contributed by atoms with Crippen LogP contribution in [-0.4, -0.2) is 58.7 Å². The van der Waals surface area contributed by atoms with E-state index in [-0.39, 0.29) is 6.10 Å². The van der Waals surface area contributed by atoms with E-state index >= 15 is 0 Å². The van der Waals surface area contributed by atoms with Crippen LogP contribution in [0.1, 0.15) is 23.8 Å². The molecule has 132 valence electrons. The molecule has 1 saturated heterocycles. The van der Waals surface area contributed by atoms with Crippen LogP contribution in [0, 0.1) is 0 Å². The Morgan fingerprint density at radius 2 is 1.96 bits per heavy atom. The van der Waals surface area contributed by atoms with Crippen LogP contribution in [0.2, 0.25) is 0 Å². The molecule has 0 spiro atoms. The second-order valence-electron chi connectivity index (χ2n) is 6.86. The van der Waals surface area contributed by atoms with Gasteiger partial charge in [0.05, 0.1) is 0 Å². The van der Waals surface area contributed by atoms with Crippen LogP contribution >= 0.6 is 0 Å². The summed E-state index contributed by atoms with van der Waals surface area (Å²) in [6.45, 7) is 4.72. The van der Waals surface area contributed by atoms with Crippen molar-refractivity contribution in [1.82, 2.24) is 14.8 Å². The average Bonchev–Trinajstić information content (AvgIpc) is 3.10. The van der Waals surface area contributed by atoms with Gasteiger partial charge in [0.25, 0.3) is 0 Å². The molecule has 0 saturated carbocycles. The Kier molecular flexibility index (Phi) is 4.97. The van der Waals surface area contributed by atoms with Crippen molar-refractivity contribution in [2.24, 2.45) is 0 Å². The average molecular weight is 339 g/mol. The molecular weight excluding hydrogens is 314 g/mol. The Balaban J connectivity index is 1.27. The Morgan fingerprint density at radius 3 is 2.84 bits per heavy atom. The van der Waals surface area contributed by atoms with Gasteiger partial charge in [-0.2, -0.15) is 0 Å². The van der Waals surface area contributed by atoms with Crippen LogP contribution in [0.4, 0.5) is 0 Å². The smallest absolute Gasteiger partial charge is 0.213 e. The molecule has 0 amide bonds. The largest absolute Gasteiger partial charge is 0.473 e. The molecule has 1 N–H and O–H groups in total. The molecule has 0 bridgehead atoms. The lowest BCUT2D eigenvalue weighted by atomic mass is 9.98. The number of aliphatic hydroxyl groups excluding tert-OH is 1. The lowest BCUT2D eigenvalue weighted by molar-refractivity contribution is -0.0107. The summed E-state index contributed by atoms with van der Waals surface area (Å²) in [7, 11) is 0. The summed E-state index contributed by atoms with van der Waals surface area (Å²) in [4.78, 5) is 8.83. The van der Waals surface area contributed by atoms with E-state index in [4.69, 9.17) is 4.74 Å². The fourth-order valence-corrected chi connectivity index (χ4v) is 3.78. The van der Waals surface area contributed by atoms with Gasteiger partial charge in [-0.25, -0.2) is 4.98 Å². The fraction of sp³-hybridized carbons (Fsp3) is 0.450. The Bertz CT molecular complexity index is 694. The maximum Gasteiger partial charge on any atom is 0.213 e. The van der Waals surface area contributed by atoms with E-state index in [2.05, 4.69) is 20.9 Å². The van der Waals surface area contributed by atoms with Crippen LogP contribution in [-0.2, 0) is 6.42 Å². The van der Waals surface area contributed by atoms with Gasteiger partial charge >= 0.3 is 0 Å². The standard InChI is InChI=1S/C20H25N3O2/c24-20-18-6-2-1-5-16(18)8-12-23(20)14-13-22-11-9-17(15-22)25-19-7-3-4-10-21-19/h1-7,10,17,20,24H,8-9,11-15H2/t17-,20?/m0/s1. The molecule has 4 rings (SSSR count). The maximum atomic E-state index is 10.6. The number of nitrogens with zero attached hydrogens (tertiary/aromatic N) is 3. The minimum absolute atomic E-state index is 0.210. The van der Waals surface area contributed by atoms with Crippen molar-refractivity contribution in [2.75, 3.05) is 32.7 Å². The third-order valence-corrected chi connectivity index (χ3v) is 5.21. The van der Waals surface area contributed by atoms with Crippen molar-refractivity contribution in [1.29, 1.82) is 0 Å². The second kappa shape index (κ2) is 7.52. The van der Waals surface area contributed by atoms with Gasteiger partial charge in [0.2, 0.25) is 5.88 Å². The molecule has 1 unspecified atom stereocenters. The third-order valence-electron chi connectivity index (χ3n) is 5.21. The first-order valence-electron chi connectivity index (χ1n) is 9.09. The number of aromatic nitrogens is 1. The summed E-state index contributed by atoms with van der Waals surface area (Å²) in [5, 5.41) is 10.6. The van der Waals surface area contributed by atoms with Gasteiger partial charge in [-0.3, -0.25) is 9.80 Å². The van der Waals surface area contributed by atoms with Crippen molar-refractivity contribution in [3.05, 3.63) is 59.8 Å². The highest BCUT2D eigenvalue weighted by atomic mass is 16.5. The van der Waals surface area contributed by atoms with Crippen LogP contribution in [0.5, 0.6) is 5.88 Å². The summed E-state index contributed by atoms with van der Waals surface area (Å²) in [5.74, 6) is 0.706. The lowest BCUT2D eigenvalue weighted by Gasteiger charge is -2.34. The number of hydrogen-bond donors (Lipinski definition) is 1. The molecule has 2 aliphatic rings. The van der Waals surface area contributed by atoms with E-state index in [0.717, 1.165) is 51.1 Å². The van der Waals surface area contributed by atoms with Gasteiger partial charge < -0.3 is 9.84 Å². The lowest BCUT2D eigenvalue weighted by Crippen LogP contribution is -2.40. The molecule has 1 fully saturated rings. The number of rotatable bonds is 5. The van der Waals surface area contributed by atoms with E-state index in [9.17, 15) is 5.11 Å². The molecule has 1 aromatic carbocycles. The van der Waals surface area contributed by atoms with Gasteiger partial charge in [-0.15, -0.1) is 0 Å². The Morgan fingerprint density at radius 1 is 1.08 bits per heavy atom. The van der Waals surface area contributed by atoms with Crippen LogP contribution in [0.3, 0.4) is 0 Å². The highest BCUT2D eigenvalue weighted by Crippen LogP contribution is 2.27.